The van der Waals surface area contributed by atoms with Gasteiger partial charge in [-0.1, -0.05) is 0 Å². The summed E-state index contributed by atoms with van der Waals surface area (Å²) in [6.45, 7) is 0. The van der Waals surface area contributed by atoms with E-state index in [9.17, 15) is 13.2 Å². The predicted molar refractivity (Wildman–Crippen MR) is 40.4 cm³/mol. The minimum atomic E-state index is -4.73. The van der Waals surface area contributed by atoms with Crippen LogP contribution in [0.1, 0.15) is 6.42 Å². The summed E-state index contributed by atoms with van der Waals surface area (Å²) in [7, 11) is 0. The van der Waals surface area contributed by atoms with Crippen LogP contribution < -0.4 is 0 Å². The Morgan fingerprint density at radius 1 is 1.58 bits per heavy atom. The maximum Gasteiger partial charge on any atom is 0.402 e. The first kappa shape index (κ1) is 12.6. The molecule has 0 saturated heterocycles. The summed E-state index contributed by atoms with van der Waals surface area (Å²) in [6, 6.07) is 0. The summed E-state index contributed by atoms with van der Waals surface area (Å²) < 4.78 is 35.8. The molecule has 12 heavy (non-hydrogen) atoms. The van der Waals surface area contributed by atoms with E-state index in [1.54, 1.807) is 22.6 Å². The van der Waals surface area contributed by atoms with Crippen molar-refractivity contribution in [1.29, 1.82) is 0 Å². The summed E-state index contributed by atoms with van der Waals surface area (Å²) >= 11 is 1.59. The van der Waals surface area contributed by atoms with E-state index < -0.39 is 18.3 Å². The summed E-state index contributed by atoms with van der Waals surface area (Å²) in [5.74, 6) is 0. The zero-order valence-electron chi connectivity index (χ0n) is 5.44. The van der Waals surface area contributed by atoms with E-state index in [0.29, 0.717) is 0 Å². The van der Waals surface area contributed by atoms with Crippen molar-refractivity contribution in [2.45, 2.75) is 18.3 Å². The fourth-order valence-corrected chi connectivity index (χ4v) is 1.21. The molecule has 0 fully saturated rings. The van der Waals surface area contributed by atoms with E-state index in [0.717, 1.165) is 0 Å². The molecule has 3 nitrogen and oxygen atoms in total. The Morgan fingerprint density at radius 2 is 2.08 bits per heavy atom. The number of alkyl halides is 3. The van der Waals surface area contributed by atoms with E-state index in [2.05, 4.69) is 10.5 Å². The van der Waals surface area contributed by atoms with Crippen molar-refractivity contribution in [2.24, 2.45) is 5.10 Å². The molecule has 1 N–H and O–H groups in total. The molecular weight excluding hydrogens is 462 g/mol. The van der Waals surface area contributed by atoms with Gasteiger partial charge in [-0.2, -0.15) is 13.2 Å². The monoisotopic (exact) mass is 466 g/mol. The van der Waals surface area contributed by atoms with Gasteiger partial charge in [0.2, 0.25) is 0 Å². The molecule has 0 amide bonds. The summed E-state index contributed by atoms with van der Waals surface area (Å²) in [6.07, 6.45) is -5.31. The first-order valence-electron chi connectivity index (χ1n) is 2.58. The maximum atomic E-state index is 11.9. The Kier molecular flexibility index (Phi) is 3.97. The second-order valence-corrected chi connectivity index (χ2v) is 3.31. The van der Waals surface area contributed by atoms with Crippen LogP contribution in [0.4, 0.5) is 13.2 Å². The third-order valence-corrected chi connectivity index (χ3v) is 1.77. The van der Waals surface area contributed by atoms with Crippen molar-refractivity contribution >= 4 is 26.3 Å². The number of hydrogen-bond donors (Lipinski definition) is 1. The average molecular weight is 465 g/mol. The Morgan fingerprint density at radius 3 is 2.25 bits per heavy atom. The molecule has 1 rings (SSSR count). The predicted octanol–water partition coefficient (Wildman–Crippen LogP) is 1.76. The Labute approximate surface area is 93.6 Å². The van der Waals surface area contributed by atoms with Crippen molar-refractivity contribution in [2.75, 3.05) is 0 Å². The van der Waals surface area contributed by atoms with Gasteiger partial charge in [-0.05, 0) is 22.6 Å². The van der Waals surface area contributed by atoms with Crippen LogP contribution in [0.25, 0.3) is 5.43 Å². The second-order valence-electron chi connectivity index (χ2n) is 2.07. The first-order chi connectivity index (χ1) is 4.85. The molecule has 0 aliphatic carbocycles. The van der Waals surface area contributed by atoms with Crippen molar-refractivity contribution in [3.8, 4) is 0 Å². The van der Waals surface area contributed by atoms with Crippen molar-refractivity contribution in [1.82, 2.24) is 0 Å². The van der Waals surface area contributed by atoms with Crippen LogP contribution in [0.3, 0.4) is 0 Å². The second kappa shape index (κ2) is 3.78. The van der Waals surface area contributed by atoms with Crippen LogP contribution in [0.15, 0.2) is 5.10 Å². The van der Waals surface area contributed by atoms with E-state index in [1.807, 2.05) is 0 Å². The third kappa shape index (κ3) is 2.31. The topological polar surface area (TPSA) is 46.7 Å². The molecule has 8 heteroatoms. The van der Waals surface area contributed by atoms with Crippen molar-refractivity contribution < 1.29 is 38.7 Å². The Hall–Kier alpha value is 0.612. The van der Waals surface area contributed by atoms with Gasteiger partial charge >= 0.3 is 6.18 Å². The van der Waals surface area contributed by atoms with E-state index in [4.69, 9.17) is 5.11 Å². The molecule has 0 saturated carbocycles. The van der Waals surface area contributed by atoms with Crippen LogP contribution in [0.2, 0.25) is 0 Å². The molecule has 1 aliphatic rings. The summed E-state index contributed by atoms with van der Waals surface area (Å²) in [5, 5.41) is 11.9. The molecule has 0 aromatic rings. The van der Waals surface area contributed by atoms with Gasteiger partial charge in [0.15, 0.2) is 0 Å². The van der Waals surface area contributed by atoms with E-state index in [-0.39, 0.29) is 24.1 Å². The number of halogens is 4. The zero-order chi connectivity index (χ0) is 8.70. The molecule has 1 unspecified atom stereocenters. The molecule has 71 valence electrons. The van der Waals surface area contributed by atoms with Gasteiger partial charge in [-0.25, -0.2) is 0 Å². The number of rotatable bonds is 0. The SMILES string of the molecule is OC1(C(F)(F)F)CC(I)=N[N-]1.[Re]. The van der Waals surface area contributed by atoms with Gasteiger partial charge in [0, 0.05) is 26.8 Å². The minimum Gasteiger partial charge on any atom is -0.567 e. The van der Waals surface area contributed by atoms with Crippen LogP contribution in [0.5, 0.6) is 0 Å². The standard InChI is InChI=1S/C4H3F3IN2O.Re/c5-4(6,7)3(11)1-2(8)9-10-3;/h11H,1H2;/q-1;. The Bertz CT molecular complexity index is 209. The fraction of sp³-hybridized carbons (Fsp3) is 0.750. The van der Waals surface area contributed by atoms with E-state index >= 15 is 0 Å². The van der Waals surface area contributed by atoms with Crippen molar-refractivity contribution in [3.63, 3.8) is 0 Å². The maximum absolute atomic E-state index is 11.9. The van der Waals surface area contributed by atoms with Crippen LogP contribution in [-0.4, -0.2) is 20.7 Å². The summed E-state index contributed by atoms with van der Waals surface area (Å²) in [5.41, 5.74) is -0.252. The number of hydrogen-bond acceptors (Lipinski definition) is 2. The largest absolute Gasteiger partial charge is 0.567 e. The molecule has 0 bridgehead atoms. The van der Waals surface area contributed by atoms with Crippen LogP contribution >= 0.6 is 22.6 Å². The third-order valence-electron chi connectivity index (χ3n) is 1.17. The molecular formula is C4H3F3IN2ORe-. The molecule has 0 aromatic heterocycles. The van der Waals surface area contributed by atoms with Gasteiger partial charge in [0.1, 0.15) is 5.72 Å². The van der Waals surface area contributed by atoms with Crippen molar-refractivity contribution in [3.05, 3.63) is 5.43 Å². The Balaban J connectivity index is 0.00000121. The van der Waals surface area contributed by atoms with Crippen LogP contribution in [-0.2, 0) is 20.4 Å². The number of aliphatic hydroxyl groups is 1. The van der Waals surface area contributed by atoms with Gasteiger partial charge in [0.05, 0.1) is 3.72 Å². The zero-order valence-corrected chi connectivity index (χ0v) is 10.3. The fourth-order valence-electron chi connectivity index (χ4n) is 0.568. The first-order valence-corrected chi connectivity index (χ1v) is 3.66. The molecule has 1 aliphatic heterocycles. The van der Waals surface area contributed by atoms with Gasteiger partial charge < -0.3 is 15.6 Å². The van der Waals surface area contributed by atoms with Crippen LogP contribution in [0, 0.1) is 0 Å². The molecule has 1 heterocycles. The molecule has 1 radical (unpaired) electrons. The quantitative estimate of drug-likeness (QED) is 0.545. The minimum absolute atomic E-state index is 0. The smallest absolute Gasteiger partial charge is 0.402 e. The van der Waals surface area contributed by atoms with Gasteiger partial charge in [-0.15, -0.1) is 0 Å². The number of nitrogens with zero attached hydrogens (tertiary/aromatic N) is 2. The summed E-state index contributed by atoms with van der Waals surface area (Å²) in [4.78, 5) is 0. The van der Waals surface area contributed by atoms with Gasteiger partial charge in [-0.3, -0.25) is 0 Å². The molecule has 0 aromatic carbocycles. The van der Waals surface area contributed by atoms with E-state index in [1.165, 1.54) is 0 Å². The van der Waals surface area contributed by atoms with Gasteiger partial charge in [0.25, 0.3) is 0 Å². The average Bonchev–Trinajstić information content (AvgIpc) is 2.10. The molecule has 1 atom stereocenters. The molecule has 0 spiro atoms. The normalized spacial score (nSPS) is 28.9.